The largest absolute Gasteiger partial charge is 0.486 e. The summed E-state index contributed by atoms with van der Waals surface area (Å²) in [4.78, 5) is 0. The van der Waals surface area contributed by atoms with Gasteiger partial charge in [0.2, 0.25) is 0 Å². The summed E-state index contributed by atoms with van der Waals surface area (Å²) in [6, 6.07) is 5.27. The van der Waals surface area contributed by atoms with E-state index in [1.54, 1.807) is 19.1 Å². The molecule has 2 atom stereocenters. The van der Waals surface area contributed by atoms with Crippen molar-refractivity contribution in [3.63, 3.8) is 0 Å². The van der Waals surface area contributed by atoms with Crippen molar-refractivity contribution in [2.75, 3.05) is 13.2 Å². The zero-order valence-electron chi connectivity index (χ0n) is 9.31. The van der Waals surface area contributed by atoms with Gasteiger partial charge in [0.15, 0.2) is 11.5 Å². The number of benzene rings is 1. The molecule has 0 amide bonds. The molecule has 0 fully saturated rings. The molecule has 0 spiro atoms. The van der Waals surface area contributed by atoms with Crippen LogP contribution in [0, 0.1) is 17.2 Å². The molecule has 5 heteroatoms. The second-order valence-electron chi connectivity index (χ2n) is 3.89. The summed E-state index contributed by atoms with van der Waals surface area (Å²) in [6.07, 6.45) is -0.881. The average Bonchev–Trinajstić information content (AvgIpc) is 2.37. The monoisotopic (exact) mass is 253 g/mol. The number of nitrogens with zero attached hydrogens (tertiary/aromatic N) is 1. The van der Waals surface area contributed by atoms with Crippen LogP contribution in [0.2, 0.25) is 5.02 Å². The summed E-state index contributed by atoms with van der Waals surface area (Å²) >= 11 is 6.04. The van der Waals surface area contributed by atoms with E-state index in [-0.39, 0.29) is 0 Å². The van der Waals surface area contributed by atoms with Crippen LogP contribution in [-0.4, -0.2) is 18.3 Å². The first-order valence-corrected chi connectivity index (χ1v) is 5.68. The minimum Gasteiger partial charge on any atom is -0.486 e. The molecule has 17 heavy (non-hydrogen) atoms. The van der Waals surface area contributed by atoms with Gasteiger partial charge in [0.05, 0.1) is 23.1 Å². The molecule has 0 radical (unpaired) electrons. The van der Waals surface area contributed by atoms with Crippen LogP contribution in [0.4, 0.5) is 0 Å². The van der Waals surface area contributed by atoms with Gasteiger partial charge in [0, 0.05) is 0 Å². The van der Waals surface area contributed by atoms with Gasteiger partial charge >= 0.3 is 0 Å². The maximum absolute atomic E-state index is 9.94. The van der Waals surface area contributed by atoms with Crippen molar-refractivity contribution in [1.29, 1.82) is 5.26 Å². The lowest BCUT2D eigenvalue weighted by Crippen LogP contribution is -2.16. The molecule has 0 aromatic heterocycles. The lowest BCUT2D eigenvalue weighted by atomic mass is 9.98. The summed E-state index contributed by atoms with van der Waals surface area (Å²) < 4.78 is 10.8. The van der Waals surface area contributed by atoms with Gasteiger partial charge in [-0.15, -0.1) is 0 Å². The summed E-state index contributed by atoms with van der Waals surface area (Å²) in [5, 5.41) is 19.1. The molecule has 0 bridgehead atoms. The highest BCUT2D eigenvalue weighted by molar-refractivity contribution is 6.32. The van der Waals surface area contributed by atoms with Gasteiger partial charge in [-0.05, 0) is 24.6 Å². The lowest BCUT2D eigenvalue weighted by molar-refractivity contribution is 0.140. The van der Waals surface area contributed by atoms with Crippen LogP contribution >= 0.6 is 11.6 Å². The fourth-order valence-electron chi connectivity index (χ4n) is 1.66. The Morgan fingerprint density at radius 3 is 2.82 bits per heavy atom. The molecule has 1 N–H and O–H groups in total. The fraction of sp³-hybridized carbons (Fsp3) is 0.417. The van der Waals surface area contributed by atoms with Crippen LogP contribution in [0.1, 0.15) is 18.6 Å². The van der Waals surface area contributed by atoms with Crippen LogP contribution in [0.25, 0.3) is 0 Å². The molecule has 1 aromatic rings. The highest BCUT2D eigenvalue weighted by Crippen LogP contribution is 2.40. The minimum atomic E-state index is -0.881. The van der Waals surface area contributed by atoms with E-state index < -0.39 is 12.0 Å². The van der Waals surface area contributed by atoms with E-state index in [2.05, 4.69) is 0 Å². The standard InChI is InChI=1S/C12H12ClNO3/c1-7(6-14)11(15)8-4-9(13)12-10(5-8)16-2-3-17-12/h4-5,7,11,15H,2-3H2,1H3. The predicted octanol–water partition coefficient (Wildman–Crippen LogP) is 2.30. The number of fused-ring (bicyclic) bond motifs is 1. The Labute approximate surface area is 104 Å². The van der Waals surface area contributed by atoms with Crippen molar-refractivity contribution in [3.05, 3.63) is 22.7 Å². The Balaban J connectivity index is 2.37. The Kier molecular flexibility index (Phi) is 3.41. The van der Waals surface area contributed by atoms with E-state index in [1.807, 2.05) is 6.07 Å². The molecule has 1 heterocycles. The van der Waals surface area contributed by atoms with Crippen molar-refractivity contribution in [3.8, 4) is 17.6 Å². The lowest BCUT2D eigenvalue weighted by Gasteiger charge is -2.22. The molecule has 0 aliphatic carbocycles. The van der Waals surface area contributed by atoms with Crippen molar-refractivity contribution in [2.24, 2.45) is 5.92 Å². The molecule has 1 aliphatic rings. The quantitative estimate of drug-likeness (QED) is 0.879. The van der Waals surface area contributed by atoms with Crippen LogP contribution in [0.5, 0.6) is 11.5 Å². The first-order chi connectivity index (χ1) is 8.13. The Hall–Kier alpha value is -1.44. The summed E-state index contributed by atoms with van der Waals surface area (Å²) in [5.41, 5.74) is 0.563. The molecule has 0 saturated carbocycles. The number of ether oxygens (including phenoxy) is 2. The van der Waals surface area contributed by atoms with Crippen molar-refractivity contribution in [1.82, 2.24) is 0 Å². The molecular weight excluding hydrogens is 242 g/mol. The van der Waals surface area contributed by atoms with E-state index in [1.165, 1.54) is 0 Å². The smallest absolute Gasteiger partial charge is 0.179 e. The molecule has 2 rings (SSSR count). The van der Waals surface area contributed by atoms with Crippen LogP contribution in [0.3, 0.4) is 0 Å². The Morgan fingerprint density at radius 2 is 2.12 bits per heavy atom. The highest BCUT2D eigenvalue weighted by Gasteiger charge is 2.22. The zero-order chi connectivity index (χ0) is 12.4. The first-order valence-electron chi connectivity index (χ1n) is 5.30. The number of halogens is 1. The molecule has 1 aliphatic heterocycles. The third-order valence-electron chi connectivity index (χ3n) is 2.64. The highest BCUT2D eigenvalue weighted by atomic mass is 35.5. The third kappa shape index (κ3) is 2.31. The van der Waals surface area contributed by atoms with E-state index >= 15 is 0 Å². The van der Waals surface area contributed by atoms with Gasteiger partial charge in [0.25, 0.3) is 0 Å². The molecule has 1 aromatic carbocycles. The predicted molar refractivity (Wildman–Crippen MR) is 62.2 cm³/mol. The van der Waals surface area contributed by atoms with Gasteiger partial charge in [-0.25, -0.2) is 0 Å². The van der Waals surface area contributed by atoms with Crippen molar-refractivity contribution in [2.45, 2.75) is 13.0 Å². The van der Waals surface area contributed by atoms with Gasteiger partial charge in [-0.2, -0.15) is 5.26 Å². The summed E-state index contributed by atoms with van der Waals surface area (Å²) in [6.45, 7) is 2.56. The minimum absolute atomic E-state index is 0.390. The van der Waals surface area contributed by atoms with Gasteiger partial charge in [0.1, 0.15) is 13.2 Å². The number of aliphatic hydroxyl groups excluding tert-OH is 1. The normalized spacial score (nSPS) is 17.1. The molecule has 2 unspecified atom stereocenters. The van der Waals surface area contributed by atoms with Crippen molar-refractivity contribution >= 4 is 11.6 Å². The van der Waals surface area contributed by atoms with Crippen LogP contribution in [0.15, 0.2) is 12.1 Å². The topological polar surface area (TPSA) is 62.5 Å². The number of rotatable bonds is 2. The van der Waals surface area contributed by atoms with Crippen LogP contribution < -0.4 is 9.47 Å². The van der Waals surface area contributed by atoms with Gasteiger partial charge in [-0.3, -0.25) is 0 Å². The number of aliphatic hydroxyl groups is 1. The molecule has 90 valence electrons. The molecule has 0 saturated heterocycles. The van der Waals surface area contributed by atoms with Gasteiger partial charge < -0.3 is 14.6 Å². The molecule has 4 nitrogen and oxygen atoms in total. The SMILES string of the molecule is CC(C#N)C(O)c1cc(Cl)c2c(c1)OCCO2. The fourth-order valence-corrected chi connectivity index (χ4v) is 1.93. The third-order valence-corrected chi connectivity index (χ3v) is 2.92. The number of hydrogen-bond donors (Lipinski definition) is 1. The Bertz CT molecular complexity index is 470. The second-order valence-corrected chi connectivity index (χ2v) is 4.30. The average molecular weight is 254 g/mol. The maximum atomic E-state index is 9.94. The van der Waals surface area contributed by atoms with Crippen molar-refractivity contribution < 1.29 is 14.6 Å². The van der Waals surface area contributed by atoms with E-state index in [0.29, 0.717) is 35.3 Å². The second kappa shape index (κ2) is 4.82. The summed E-state index contributed by atoms with van der Waals surface area (Å²) in [5.74, 6) is 0.509. The Morgan fingerprint density at radius 1 is 1.41 bits per heavy atom. The zero-order valence-corrected chi connectivity index (χ0v) is 10.1. The summed E-state index contributed by atoms with van der Waals surface area (Å²) in [7, 11) is 0. The van der Waals surface area contributed by atoms with E-state index in [4.69, 9.17) is 26.3 Å². The maximum Gasteiger partial charge on any atom is 0.179 e. The number of nitriles is 1. The van der Waals surface area contributed by atoms with Gasteiger partial charge in [-0.1, -0.05) is 11.6 Å². The van der Waals surface area contributed by atoms with E-state index in [0.717, 1.165) is 0 Å². The van der Waals surface area contributed by atoms with Crippen LogP contribution in [-0.2, 0) is 0 Å². The number of hydrogen-bond acceptors (Lipinski definition) is 4. The first kappa shape index (κ1) is 12.0. The van der Waals surface area contributed by atoms with E-state index in [9.17, 15) is 5.11 Å². The molecular formula is C12H12ClNO3.